The normalized spacial score (nSPS) is 24.0. The first-order chi connectivity index (χ1) is 9.56. The van der Waals surface area contributed by atoms with Crippen molar-refractivity contribution >= 4 is 29.3 Å². The van der Waals surface area contributed by atoms with E-state index in [2.05, 4.69) is 5.32 Å². The van der Waals surface area contributed by atoms with Crippen LogP contribution >= 0.6 is 23.4 Å². The SMILES string of the molecule is CS[C@H](CO)[C@H](C)NC(=O)[C@@H]1C[C@H]1c1cccc(Cl)c1. The molecule has 1 aliphatic carbocycles. The molecular weight excluding hydrogens is 294 g/mol. The number of amides is 1. The summed E-state index contributed by atoms with van der Waals surface area (Å²) in [6.45, 7) is 2.01. The van der Waals surface area contributed by atoms with Gasteiger partial charge in [-0.15, -0.1) is 0 Å². The number of hydrogen-bond acceptors (Lipinski definition) is 3. The first-order valence-electron chi connectivity index (χ1n) is 6.76. The maximum Gasteiger partial charge on any atom is 0.223 e. The number of nitrogens with one attached hydrogen (secondary N) is 1. The average Bonchev–Trinajstić information content (AvgIpc) is 3.20. The zero-order chi connectivity index (χ0) is 14.7. The Kier molecular flexibility index (Phi) is 5.35. The molecule has 20 heavy (non-hydrogen) atoms. The van der Waals surface area contributed by atoms with E-state index in [1.54, 1.807) is 11.8 Å². The van der Waals surface area contributed by atoms with Gasteiger partial charge in [-0.1, -0.05) is 23.7 Å². The number of halogens is 1. The molecule has 0 saturated heterocycles. The van der Waals surface area contributed by atoms with Crippen LogP contribution < -0.4 is 5.32 Å². The molecule has 0 heterocycles. The first-order valence-corrected chi connectivity index (χ1v) is 8.43. The van der Waals surface area contributed by atoms with E-state index in [1.165, 1.54) is 0 Å². The van der Waals surface area contributed by atoms with Crippen LogP contribution in [0.1, 0.15) is 24.8 Å². The highest BCUT2D eigenvalue weighted by Crippen LogP contribution is 2.48. The third-order valence-electron chi connectivity index (χ3n) is 3.81. The van der Waals surface area contributed by atoms with Crippen LogP contribution in [0.25, 0.3) is 0 Å². The minimum Gasteiger partial charge on any atom is -0.395 e. The fourth-order valence-corrected chi connectivity index (χ4v) is 3.28. The van der Waals surface area contributed by atoms with Crippen LogP contribution in [0.5, 0.6) is 0 Å². The number of hydrogen-bond donors (Lipinski definition) is 2. The standard InChI is InChI=1S/C15H20ClNO2S/c1-9(14(8-18)20-2)17-15(19)13-7-12(13)10-4-3-5-11(16)6-10/h3-6,9,12-14,18H,7-8H2,1-2H3,(H,17,19)/t9-,12-,13+,14+/m0/s1. The molecule has 1 amide bonds. The van der Waals surface area contributed by atoms with E-state index in [4.69, 9.17) is 11.6 Å². The Bertz CT molecular complexity index is 479. The van der Waals surface area contributed by atoms with Crippen molar-refractivity contribution in [3.63, 3.8) is 0 Å². The number of aliphatic hydroxyl groups excluding tert-OH is 1. The second-order valence-corrected chi connectivity index (χ2v) is 6.77. The van der Waals surface area contributed by atoms with Gasteiger partial charge in [0, 0.05) is 22.2 Å². The molecule has 0 aliphatic heterocycles. The Morgan fingerprint density at radius 2 is 2.35 bits per heavy atom. The van der Waals surface area contributed by atoms with Gasteiger partial charge in [0.15, 0.2) is 0 Å². The van der Waals surface area contributed by atoms with Crippen LogP contribution in [0.3, 0.4) is 0 Å². The second-order valence-electron chi connectivity index (χ2n) is 5.26. The molecule has 4 atom stereocenters. The van der Waals surface area contributed by atoms with Crippen LogP contribution in [-0.4, -0.2) is 35.2 Å². The lowest BCUT2D eigenvalue weighted by Crippen LogP contribution is -2.42. The van der Waals surface area contributed by atoms with Gasteiger partial charge in [-0.05, 0) is 43.2 Å². The van der Waals surface area contributed by atoms with Gasteiger partial charge in [-0.2, -0.15) is 11.8 Å². The minimum atomic E-state index is -0.0249. The van der Waals surface area contributed by atoms with Crippen LogP contribution in [0.15, 0.2) is 24.3 Å². The highest BCUT2D eigenvalue weighted by molar-refractivity contribution is 7.99. The summed E-state index contributed by atoms with van der Waals surface area (Å²) in [5, 5.41) is 13.0. The zero-order valence-electron chi connectivity index (χ0n) is 11.7. The van der Waals surface area contributed by atoms with E-state index >= 15 is 0 Å². The van der Waals surface area contributed by atoms with Crippen LogP contribution in [-0.2, 0) is 4.79 Å². The molecular formula is C15H20ClNO2S. The molecule has 0 aromatic heterocycles. The van der Waals surface area contributed by atoms with Crippen molar-refractivity contribution in [2.24, 2.45) is 5.92 Å². The number of thioether (sulfide) groups is 1. The lowest BCUT2D eigenvalue weighted by atomic mass is 10.1. The van der Waals surface area contributed by atoms with Crippen molar-refractivity contribution in [2.45, 2.75) is 30.6 Å². The largest absolute Gasteiger partial charge is 0.395 e. The molecule has 1 fully saturated rings. The average molecular weight is 314 g/mol. The molecule has 3 nitrogen and oxygen atoms in total. The summed E-state index contributed by atoms with van der Waals surface area (Å²) in [6, 6.07) is 7.69. The molecule has 0 spiro atoms. The monoisotopic (exact) mass is 313 g/mol. The maximum atomic E-state index is 12.2. The van der Waals surface area contributed by atoms with Gasteiger partial charge in [0.05, 0.1) is 6.61 Å². The quantitative estimate of drug-likeness (QED) is 0.849. The number of benzene rings is 1. The molecule has 110 valence electrons. The highest BCUT2D eigenvalue weighted by atomic mass is 35.5. The van der Waals surface area contributed by atoms with Crippen molar-refractivity contribution < 1.29 is 9.90 Å². The van der Waals surface area contributed by atoms with E-state index in [9.17, 15) is 9.90 Å². The highest BCUT2D eigenvalue weighted by Gasteiger charge is 2.44. The molecule has 0 bridgehead atoms. The molecule has 0 unspecified atom stereocenters. The number of carbonyl (C=O) groups excluding carboxylic acids is 1. The number of rotatable bonds is 6. The lowest BCUT2D eigenvalue weighted by Gasteiger charge is -2.21. The molecule has 2 N–H and O–H groups in total. The zero-order valence-corrected chi connectivity index (χ0v) is 13.2. The van der Waals surface area contributed by atoms with E-state index in [-0.39, 0.29) is 35.6 Å². The Labute approximate surface area is 129 Å². The molecule has 1 aliphatic rings. The Hall–Kier alpha value is -0.710. The van der Waals surface area contributed by atoms with Crippen molar-refractivity contribution in [1.29, 1.82) is 0 Å². The van der Waals surface area contributed by atoms with Crippen LogP contribution in [0, 0.1) is 5.92 Å². The first kappa shape index (κ1) is 15.7. The molecule has 2 rings (SSSR count). The van der Waals surface area contributed by atoms with Gasteiger partial charge in [0.1, 0.15) is 0 Å². The molecule has 0 radical (unpaired) electrons. The van der Waals surface area contributed by atoms with E-state index in [0.717, 1.165) is 12.0 Å². The number of carbonyl (C=O) groups is 1. The topological polar surface area (TPSA) is 49.3 Å². The van der Waals surface area contributed by atoms with E-state index in [1.807, 2.05) is 37.4 Å². The Morgan fingerprint density at radius 1 is 1.60 bits per heavy atom. The van der Waals surface area contributed by atoms with Crippen LogP contribution in [0.4, 0.5) is 0 Å². The fraction of sp³-hybridized carbons (Fsp3) is 0.533. The maximum absolute atomic E-state index is 12.2. The third kappa shape index (κ3) is 3.68. The fourth-order valence-electron chi connectivity index (χ4n) is 2.45. The lowest BCUT2D eigenvalue weighted by molar-refractivity contribution is -0.123. The van der Waals surface area contributed by atoms with Gasteiger partial charge in [-0.3, -0.25) is 4.79 Å². The van der Waals surface area contributed by atoms with Crippen molar-refractivity contribution in [2.75, 3.05) is 12.9 Å². The molecule has 1 aromatic carbocycles. The summed E-state index contributed by atoms with van der Waals surface area (Å²) in [4.78, 5) is 12.2. The van der Waals surface area contributed by atoms with Gasteiger partial charge in [0.25, 0.3) is 0 Å². The van der Waals surface area contributed by atoms with Crippen LogP contribution in [0.2, 0.25) is 5.02 Å². The molecule has 1 aromatic rings. The predicted molar refractivity (Wildman–Crippen MR) is 84.3 cm³/mol. The van der Waals surface area contributed by atoms with Gasteiger partial charge >= 0.3 is 0 Å². The number of aliphatic hydroxyl groups is 1. The molecule has 1 saturated carbocycles. The predicted octanol–water partition coefficient (Wildman–Crippen LogP) is 2.67. The Balaban J connectivity index is 1.90. The summed E-state index contributed by atoms with van der Waals surface area (Å²) in [6.07, 6.45) is 2.82. The minimum absolute atomic E-state index is 0.0249. The molecule has 5 heteroatoms. The van der Waals surface area contributed by atoms with Crippen molar-refractivity contribution in [1.82, 2.24) is 5.32 Å². The Morgan fingerprint density at radius 3 is 2.95 bits per heavy atom. The third-order valence-corrected chi connectivity index (χ3v) is 5.21. The van der Waals surface area contributed by atoms with E-state index in [0.29, 0.717) is 5.02 Å². The summed E-state index contributed by atoms with van der Waals surface area (Å²) in [7, 11) is 0. The summed E-state index contributed by atoms with van der Waals surface area (Å²) < 4.78 is 0. The summed E-state index contributed by atoms with van der Waals surface area (Å²) in [5.74, 6) is 0.398. The van der Waals surface area contributed by atoms with Crippen molar-refractivity contribution in [3.8, 4) is 0 Å². The van der Waals surface area contributed by atoms with Gasteiger partial charge < -0.3 is 10.4 Å². The van der Waals surface area contributed by atoms with Crippen molar-refractivity contribution in [3.05, 3.63) is 34.9 Å². The smallest absolute Gasteiger partial charge is 0.223 e. The van der Waals surface area contributed by atoms with E-state index < -0.39 is 0 Å². The summed E-state index contributed by atoms with van der Waals surface area (Å²) >= 11 is 7.55. The van der Waals surface area contributed by atoms with Gasteiger partial charge in [0.2, 0.25) is 5.91 Å². The summed E-state index contributed by atoms with van der Waals surface area (Å²) in [5.41, 5.74) is 1.13. The second kappa shape index (κ2) is 6.83. The van der Waals surface area contributed by atoms with Gasteiger partial charge in [-0.25, -0.2) is 0 Å².